The maximum absolute atomic E-state index is 12.1. The van der Waals surface area contributed by atoms with Crippen LogP contribution in [-0.2, 0) is 30.9 Å². The smallest absolute Gasteiger partial charge is 0.367 e. The Morgan fingerprint density at radius 3 is 2.59 bits per heavy atom. The minimum Gasteiger partial charge on any atom is -0.461 e. The molecule has 0 spiro atoms. The van der Waals surface area contributed by atoms with Crippen LogP contribution < -0.4 is 4.72 Å². The van der Waals surface area contributed by atoms with Crippen molar-refractivity contribution in [1.29, 1.82) is 0 Å². The number of carbonyl (C=O) groups excluding carboxylic acids is 2. The quantitative estimate of drug-likeness (QED) is 0.605. The summed E-state index contributed by atoms with van der Waals surface area (Å²) in [5.74, 6) is -1.13. The van der Waals surface area contributed by atoms with Gasteiger partial charge < -0.3 is 9.47 Å². The van der Waals surface area contributed by atoms with Crippen molar-refractivity contribution in [1.82, 2.24) is 9.71 Å². The second kappa shape index (κ2) is 9.79. The lowest BCUT2D eigenvalue weighted by molar-refractivity contribution is -0.144. The van der Waals surface area contributed by atoms with E-state index in [1.165, 1.54) is 24.3 Å². The van der Waals surface area contributed by atoms with E-state index in [-0.39, 0.29) is 36.1 Å². The lowest BCUT2D eigenvalue weighted by atomic mass is 10.4. The number of hydrogen-bond donors (Lipinski definition) is 1. The molecular formula is C16H17ClN2O6S2. The number of nitrogens with one attached hydrogen (secondary N) is 1. The maximum Gasteiger partial charge on any atom is 0.367 e. The molecule has 0 unspecified atom stereocenters. The number of benzene rings is 1. The predicted molar refractivity (Wildman–Crippen MR) is 99.1 cm³/mol. The van der Waals surface area contributed by atoms with Crippen LogP contribution >= 0.6 is 22.9 Å². The van der Waals surface area contributed by atoms with E-state index < -0.39 is 22.0 Å². The molecular weight excluding hydrogens is 416 g/mol. The van der Waals surface area contributed by atoms with Crippen molar-refractivity contribution in [3.05, 3.63) is 45.4 Å². The fourth-order valence-corrected chi connectivity index (χ4v) is 3.72. The van der Waals surface area contributed by atoms with Crippen LogP contribution in [0.1, 0.15) is 28.8 Å². The Morgan fingerprint density at radius 1 is 1.22 bits per heavy atom. The number of aromatic nitrogens is 1. The maximum atomic E-state index is 12.1. The Kier molecular flexibility index (Phi) is 7.72. The van der Waals surface area contributed by atoms with Crippen molar-refractivity contribution in [3.63, 3.8) is 0 Å². The Bertz CT molecular complexity index is 896. The molecule has 0 saturated heterocycles. The van der Waals surface area contributed by atoms with E-state index in [0.717, 1.165) is 11.3 Å². The Hall–Kier alpha value is -2.01. The molecule has 0 bridgehead atoms. The first-order chi connectivity index (χ1) is 12.8. The highest BCUT2D eigenvalue weighted by Crippen LogP contribution is 2.14. The summed E-state index contributed by atoms with van der Waals surface area (Å²) in [4.78, 5) is 27.3. The molecule has 0 atom stereocenters. The average Bonchev–Trinajstić information content (AvgIpc) is 3.09. The van der Waals surface area contributed by atoms with Crippen molar-refractivity contribution in [2.45, 2.75) is 24.8 Å². The fraction of sp³-hybridized carbons (Fsp3) is 0.312. The zero-order chi connectivity index (χ0) is 19.9. The molecule has 2 aromatic rings. The fourth-order valence-electron chi connectivity index (χ4n) is 1.87. The van der Waals surface area contributed by atoms with Gasteiger partial charge >= 0.3 is 11.9 Å². The molecule has 1 aromatic heterocycles. The molecule has 0 amide bonds. The van der Waals surface area contributed by atoms with E-state index in [1.54, 1.807) is 12.3 Å². The van der Waals surface area contributed by atoms with Crippen LogP contribution in [-0.4, -0.2) is 38.5 Å². The molecule has 0 radical (unpaired) electrons. The second-order valence-electron chi connectivity index (χ2n) is 5.13. The third kappa shape index (κ3) is 6.58. The van der Waals surface area contributed by atoms with Gasteiger partial charge in [0.05, 0.1) is 23.6 Å². The van der Waals surface area contributed by atoms with Crippen LogP contribution in [0.5, 0.6) is 0 Å². The van der Waals surface area contributed by atoms with Crippen LogP contribution in [0.15, 0.2) is 34.5 Å². The van der Waals surface area contributed by atoms with Crippen LogP contribution in [0.4, 0.5) is 0 Å². The van der Waals surface area contributed by atoms with Crippen LogP contribution in [0.3, 0.4) is 0 Å². The normalized spacial score (nSPS) is 11.2. The zero-order valence-corrected chi connectivity index (χ0v) is 16.7. The van der Waals surface area contributed by atoms with Gasteiger partial charge in [-0.2, -0.15) is 0 Å². The number of hydrogen-bond acceptors (Lipinski definition) is 8. The van der Waals surface area contributed by atoms with Gasteiger partial charge in [0.2, 0.25) is 15.0 Å². The van der Waals surface area contributed by atoms with Crippen LogP contribution in [0.25, 0.3) is 0 Å². The van der Waals surface area contributed by atoms with Gasteiger partial charge in [0.15, 0.2) is 0 Å². The van der Waals surface area contributed by atoms with Gasteiger partial charge in [-0.05, 0) is 31.2 Å². The average molecular weight is 433 g/mol. The molecule has 0 saturated carbocycles. The van der Waals surface area contributed by atoms with Crippen molar-refractivity contribution < 1.29 is 27.5 Å². The van der Waals surface area contributed by atoms with Gasteiger partial charge in [0.1, 0.15) is 6.61 Å². The number of thiazole rings is 1. The standard InChI is InChI=1S/C16H17ClN2O6S2/c1-2-24-16(21)15-19-12(10-26-15)9-25-14(20)7-8-18-27(22,23)13-5-3-11(17)4-6-13/h3-6,10,18H,2,7-9H2,1H3. The predicted octanol–water partition coefficient (Wildman–Crippen LogP) is 2.39. The van der Waals surface area contributed by atoms with Crippen LogP contribution in [0.2, 0.25) is 5.02 Å². The summed E-state index contributed by atoms with van der Waals surface area (Å²) >= 11 is 6.81. The van der Waals surface area contributed by atoms with Crippen molar-refractivity contribution in [3.8, 4) is 0 Å². The van der Waals surface area contributed by atoms with E-state index in [4.69, 9.17) is 21.1 Å². The lowest BCUT2D eigenvalue weighted by Crippen LogP contribution is -2.26. The van der Waals surface area contributed by atoms with Gasteiger partial charge in [0, 0.05) is 16.9 Å². The Morgan fingerprint density at radius 2 is 1.93 bits per heavy atom. The topological polar surface area (TPSA) is 112 Å². The number of carbonyl (C=O) groups is 2. The van der Waals surface area contributed by atoms with Crippen LogP contribution in [0, 0.1) is 0 Å². The monoisotopic (exact) mass is 432 g/mol. The van der Waals surface area contributed by atoms with E-state index in [1.807, 2.05) is 0 Å². The SMILES string of the molecule is CCOC(=O)c1nc(COC(=O)CCNS(=O)(=O)c2ccc(Cl)cc2)cs1. The molecule has 2 rings (SSSR count). The minimum atomic E-state index is -3.73. The molecule has 1 aromatic carbocycles. The molecule has 0 fully saturated rings. The largest absolute Gasteiger partial charge is 0.461 e. The van der Waals surface area contributed by atoms with Gasteiger partial charge in [-0.25, -0.2) is 22.9 Å². The summed E-state index contributed by atoms with van der Waals surface area (Å²) in [5.41, 5.74) is 0.415. The lowest BCUT2D eigenvalue weighted by Gasteiger charge is -2.07. The molecule has 1 heterocycles. The first-order valence-electron chi connectivity index (χ1n) is 7.84. The van der Waals surface area contributed by atoms with E-state index in [9.17, 15) is 18.0 Å². The molecule has 146 valence electrons. The summed E-state index contributed by atoms with van der Waals surface area (Å²) in [7, 11) is -3.73. The minimum absolute atomic E-state index is 0.0502. The first-order valence-corrected chi connectivity index (χ1v) is 10.6. The van der Waals surface area contributed by atoms with Gasteiger partial charge in [-0.15, -0.1) is 11.3 Å². The number of sulfonamides is 1. The van der Waals surface area contributed by atoms with Gasteiger partial charge in [-0.3, -0.25) is 4.79 Å². The molecule has 11 heteroatoms. The molecule has 8 nitrogen and oxygen atoms in total. The highest BCUT2D eigenvalue weighted by molar-refractivity contribution is 7.89. The first kappa shape index (κ1) is 21.3. The number of nitrogens with zero attached hydrogens (tertiary/aromatic N) is 1. The van der Waals surface area contributed by atoms with Crippen molar-refractivity contribution in [2.75, 3.05) is 13.2 Å². The third-order valence-corrected chi connectivity index (χ3v) is 5.73. The molecule has 0 aliphatic carbocycles. The van der Waals surface area contributed by atoms with Gasteiger partial charge in [-0.1, -0.05) is 11.6 Å². The molecule has 0 aliphatic rings. The summed E-state index contributed by atoms with van der Waals surface area (Å²) in [6, 6.07) is 5.66. The number of halogens is 1. The Labute approximate surface area is 165 Å². The summed E-state index contributed by atoms with van der Waals surface area (Å²) in [6.07, 6.45) is -0.151. The highest BCUT2D eigenvalue weighted by atomic mass is 35.5. The van der Waals surface area contributed by atoms with Crippen molar-refractivity contribution in [2.24, 2.45) is 0 Å². The number of rotatable bonds is 9. The zero-order valence-electron chi connectivity index (χ0n) is 14.3. The molecule has 1 N–H and O–H groups in total. The summed E-state index contributed by atoms with van der Waals surface area (Å²) < 4.78 is 36.3. The molecule has 0 aliphatic heterocycles. The third-order valence-electron chi connectivity index (χ3n) is 3.13. The number of ether oxygens (including phenoxy) is 2. The summed E-state index contributed by atoms with van der Waals surface area (Å²) in [6.45, 7) is 1.71. The summed E-state index contributed by atoms with van der Waals surface area (Å²) in [5, 5.41) is 2.19. The molecule has 27 heavy (non-hydrogen) atoms. The Balaban J connectivity index is 1.76. The number of esters is 2. The van der Waals surface area contributed by atoms with Crippen molar-refractivity contribution >= 4 is 44.9 Å². The van der Waals surface area contributed by atoms with E-state index in [2.05, 4.69) is 9.71 Å². The van der Waals surface area contributed by atoms with Gasteiger partial charge in [0.25, 0.3) is 0 Å². The van der Waals surface area contributed by atoms with E-state index >= 15 is 0 Å². The van der Waals surface area contributed by atoms with E-state index in [0.29, 0.717) is 10.7 Å². The highest BCUT2D eigenvalue weighted by Gasteiger charge is 2.15. The second-order valence-corrected chi connectivity index (χ2v) is 8.19.